The van der Waals surface area contributed by atoms with E-state index in [-0.39, 0.29) is 38.2 Å². The topological polar surface area (TPSA) is 13.1 Å². The third kappa shape index (κ3) is 2.18. The second-order valence-corrected chi connectivity index (χ2v) is 7.03. The highest BCUT2D eigenvalue weighted by molar-refractivity contribution is 6.69. The van der Waals surface area contributed by atoms with Crippen LogP contribution in [0.1, 0.15) is 26.3 Å². The molecular weight excluding hydrogens is 284 g/mol. The average molecular weight is 293 g/mol. The van der Waals surface area contributed by atoms with Gasteiger partial charge in [-0.1, -0.05) is 42.6 Å². The summed E-state index contributed by atoms with van der Waals surface area (Å²) in [5.74, 6) is 0. The van der Waals surface area contributed by atoms with Gasteiger partial charge in [0.15, 0.2) is 0 Å². The Labute approximate surface area is 151 Å². The molecule has 1 aromatic heterocycles. The van der Waals surface area contributed by atoms with Gasteiger partial charge in [-0.05, 0) is 11.0 Å². The van der Waals surface area contributed by atoms with E-state index in [0.29, 0.717) is 27.4 Å². The average Bonchev–Trinajstić information content (AvgIpc) is 2.87. The summed E-state index contributed by atoms with van der Waals surface area (Å²) >= 11 is 0. The second-order valence-electron chi connectivity index (χ2n) is 7.03. The number of hydrogen-bond donors (Lipinski definition) is 0. The van der Waals surface area contributed by atoms with Crippen LogP contribution in [0.15, 0.2) is 4.42 Å². The maximum Gasteiger partial charge on any atom is 0.137 e. The Morgan fingerprint density at radius 3 is 1.46 bits per heavy atom. The van der Waals surface area contributed by atoms with E-state index >= 15 is 0 Å². The molecule has 24 heavy (non-hydrogen) atoms. The maximum atomic E-state index is 6.22. The van der Waals surface area contributed by atoms with Crippen molar-refractivity contribution in [1.29, 1.82) is 0 Å². The Kier molecular flexibility index (Phi) is 3.90. The molecule has 0 aliphatic rings. The normalized spacial score (nSPS) is 12.3. The Morgan fingerprint density at radius 2 is 0.958 bits per heavy atom. The third-order valence-corrected chi connectivity index (χ3v) is 4.39. The zero-order valence-corrected chi connectivity index (χ0v) is 13.9. The van der Waals surface area contributed by atoms with E-state index in [4.69, 9.17) is 59.3 Å². The first-order chi connectivity index (χ1) is 11.0. The zero-order chi connectivity index (χ0) is 18.1. The molecular formula is C16H9B7O. The summed E-state index contributed by atoms with van der Waals surface area (Å²) in [7, 11) is 42.7. The number of furan rings is 1. The first kappa shape index (κ1) is 17.5. The number of fused-ring (bicyclic) bond motifs is 3. The lowest BCUT2D eigenvalue weighted by molar-refractivity contribution is 0.577. The molecule has 0 N–H and O–H groups in total. The van der Waals surface area contributed by atoms with Crippen molar-refractivity contribution in [3.63, 3.8) is 0 Å². The van der Waals surface area contributed by atoms with Gasteiger partial charge in [0.2, 0.25) is 0 Å². The van der Waals surface area contributed by atoms with Crippen molar-refractivity contribution in [3.05, 3.63) is 5.56 Å². The minimum atomic E-state index is -0.349. The summed E-state index contributed by atoms with van der Waals surface area (Å²) in [6, 6.07) is 0. The van der Waals surface area contributed by atoms with E-state index < -0.39 is 0 Å². The van der Waals surface area contributed by atoms with E-state index in [1.54, 1.807) is 0 Å². The highest BCUT2D eigenvalue weighted by Gasteiger charge is 2.26. The van der Waals surface area contributed by atoms with Crippen molar-refractivity contribution in [1.82, 2.24) is 0 Å². The Balaban J connectivity index is 2.73. The van der Waals surface area contributed by atoms with E-state index in [1.165, 1.54) is 0 Å². The van der Waals surface area contributed by atoms with Crippen LogP contribution in [0.4, 0.5) is 0 Å². The second kappa shape index (κ2) is 5.34. The summed E-state index contributed by atoms with van der Waals surface area (Å²) in [5, 5.41) is 1.06. The molecule has 0 spiro atoms. The SMILES string of the molecule is [B]c1c([B])c([B])c2c(oc3c(C(C)(C)C)c([B])c([B])c([B])c32)c1[B]. The van der Waals surface area contributed by atoms with Crippen molar-refractivity contribution < 1.29 is 4.42 Å². The van der Waals surface area contributed by atoms with Gasteiger partial charge >= 0.3 is 0 Å². The van der Waals surface area contributed by atoms with Gasteiger partial charge in [-0.25, -0.2) is 0 Å². The standard InChI is InChI=1S/C16H9B7O/c1-16(2,3)6-9(19)10(20)7(17)4-5-8(18)11(21)12(22)13(23)15(5)24-14(4)6/h1-3H3. The van der Waals surface area contributed by atoms with Crippen LogP contribution in [0.2, 0.25) is 0 Å². The minimum Gasteiger partial charge on any atom is -0.456 e. The minimum absolute atomic E-state index is 0.177. The van der Waals surface area contributed by atoms with Crippen LogP contribution < -0.4 is 38.2 Å². The lowest BCUT2D eigenvalue weighted by Crippen LogP contribution is -2.48. The molecule has 0 aliphatic heterocycles. The van der Waals surface area contributed by atoms with Gasteiger partial charge < -0.3 is 4.42 Å². The lowest BCUT2D eigenvalue weighted by Gasteiger charge is -2.25. The van der Waals surface area contributed by atoms with Crippen molar-refractivity contribution in [3.8, 4) is 0 Å². The quantitative estimate of drug-likeness (QED) is 0.391. The molecule has 1 heterocycles. The van der Waals surface area contributed by atoms with Gasteiger partial charge in [0.05, 0.1) is 0 Å². The number of hydrogen-bond acceptors (Lipinski definition) is 1. The third-order valence-electron chi connectivity index (χ3n) is 4.39. The molecule has 14 radical (unpaired) electrons. The molecule has 0 amide bonds. The molecule has 0 saturated carbocycles. The first-order valence-corrected chi connectivity index (χ1v) is 7.43. The fourth-order valence-corrected chi connectivity index (χ4v) is 3.14. The molecule has 0 unspecified atom stereocenters. The summed E-state index contributed by atoms with van der Waals surface area (Å²) in [4.78, 5) is 0. The van der Waals surface area contributed by atoms with Gasteiger partial charge in [-0.15, -0.1) is 16.4 Å². The Morgan fingerprint density at radius 1 is 0.542 bits per heavy atom. The fourth-order valence-electron chi connectivity index (χ4n) is 3.14. The molecule has 8 heteroatoms. The van der Waals surface area contributed by atoms with Gasteiger partial charge in [-0.2, -0.15) is 0 Å². The molecule has 3 rings (SSSR count). The number of rotatable bonds is 0. The van der Waals surface area contributed by atoms with E-state index in [0.717, 1.165) is 5.56 Å². The lowest BCUT2D eigenvalue weighted by atomic mass is 9.63. The molecule has 2 aromatic carbocycles. The highest BCUT2D eigenvalue weighted by Crippen LogP contribution is 2.31. The highest BCUT2D eigenvalue weighted by atomic mass is 16.3. The maximum absolute atomic E-state index is 6.22. The van der Waals surface area contributed by atoms with Gasteiger partial charge in [-0.3, -0.25) is 0 Å². The van der Waals surface area contributed by atoms with Crippen LogP contribution in [0.25, 0.3) is 21.9 Å². The first-order valence-electron chi connectivity index (χ1n) is 7.43. The van der Waals surface area contributed by atoms with Crippen LogP contribution in [0.5, 0.6) is 0 Å². The van der Waals surface area contributed by atoms with Gasteiger partial charge in [0, 0.05) is 10.8 Å². The van der Waals surface area contributed by atoms with Crippen molar-refractivity contribution >= 4 is 115 Å². The zero-order valence-electron chi connectivity index (χ0n) is 13.9. The van der Waals surface area contributed by atoms with Gasteiger partial charge in [0.25, 0.3) is 0 Å². The largest absolute Gasteiger partial charge is 0.456 e. The van der Waals surface area contributed by atoms with Crippen LogP contribution in [0, 0.1) is 0 Å². The van der Waals surface area contributed by atoms with Crippen molar-refractivity contribution in [2.45, 2.75) is 26.2 Å². The molecule has 1 nitrogen and oxygen atoms in total. The summed E-state index contributed by atoms with van der Waals surface area (Å²) in [5.41, 5.74) is 2.98. The van der Waals surface area contributed by atoms with Crippen LogP contribution in [0.3, 0.4) is 0 Å². The number of benzene rings is 2. The van der Waals surface area contributed by atoms with E-state index in [2.05, 4.69) is 0 Å². The van der Waals surface area contributed by atoms with Crippen LogP contribution >= 0.6 is 0 Å². The van der Waals surface area contributed by atoms with Crippen LogP contribution in [-0.2, 0) is 5.41 Å². The summed E-state index contributed by atoms with van der Waals surface area (Å²) in [6.07, 6.45) is 0. The molecule has 0 bridgehead atoms. The van der Waals surface area contributed by atoms with E-state index in [9.17, 15) is 0 Å². The fraction of sp³-hybridized carbons (Fsp3) is 0.250. The molecule has 0 atom stereocenters. The predicted octanol–water partition coefficient (Wildman–Crippen LogP) is -3.56. The smallest absolute Gasteiger partial charge is 0.137 e. The van der Waals surface area contributed by atoms with Gasteiger partial charge in [0.1, 0.15) is 66.1 Å². The molecule has 3 aromatic rings. The monoisotopic (exact) mass is 294 g/mol. The molecule has 0 fully saturated rings. The Bertz CT molecular complexity index is 1010. The molecule has 0 saturated heterocycles. The van der Waals surface area contributed by atoms with E-state index in [1.807, 2.05) is 20.8 Å². The van der Waals surface area contributed by atoms with Crippen molar-refractivity contribution in [2.75, 3.05) is 0 Å². The van der Waals surface area contributed by atoms with Crippen molar-refractivity contribution in [2.24, 2.45) is 0 Å². The van der Waals surface area contributed by atoms with Crippen LogP contribution in [-0.4, -0.2) is 54.9 Å². The Hall–Kier alpha value is -1.31. The predicted molar refractivity (Wildman–Crippen MR) is 110 cm³/mol. The molecule has 100 valence electrons. The summed E-state index contributed by atoms with van der Waals surface area (Å²) < 4.78 is 6.02. The summed E-state index contributed by atoms with van der Waals surface area (Å²) in [6.45, 7) is 5.99. The molecule has 0 aliphatic carbocycles.